The summed E-state index contributed by atoms with van der Waals surface area (Å²) in [5.74, 6) is 0. The van der Waals surface area contributed by atoms with Crippen molar-refractivity contribution in [2.24, 2.45) is 5.73 Å². The molecule has 0 heterocycles. The Labute approximate surface area is 72.2 Å². The van der Waals surface area contributed by atoms with Crippen molar-refractivity contribution < 1.29 is 9.53 Å². The van der Waals surface area contributed by atoms with Crippen molar-refractivity contribution in [3.63, 3.8) is 0 Å². The predicted molar refractivity (Wildman–Crippen MR) is 48.6 cm³/mol. The van der Waals surface area contributed by atoms with Gasteiger partial charge in [0.05, 0.1) is 6.61 Å². The Balaban J connectivity index is 3.30. The lowest BCUT2D eigenvalue weighted by molar-refractivity contribution is 0.159. The first-order valence-corrected chi connectivity index (χ1v) is 3.64. The van der Waals surface area contributed by atoms with Crippen LogP contribution in [0.25, 0.3) is 0 Å². The van der Waals surface area contributed by atoms with E-state index >= 15 is 0 Å². The van der Waals surface area contributed by atoms with E-state index in [1.807, 2.05) is 24.3 Å². The van der Waals surface area contributed by atoms with Crippen LogP contribution in [0.1, 0.15) is 6.42 Å². The Kier molecular flexibility index (Phi) is 6.64. The van der Waals surface area contributed by atoms with Crippen molar-refractivity contribution in [2.45, 2.75) is 6.42 Å². The molecule has 0 aliphatic carbocycles. The third-order valence-corrected chi connectivity index (χ3v) is 1.02. The van der Waals surface area contributed by atoms with Crippen molar-refractivity contribution in [1.29, 1.82) is 0 Å². The van der Waals surface area contributed by atoms with E-state index in [4.69, 9.17) is 5.73 Å². The highest BCUT2D eigenvalue weighted by molar-refractivity contribution is 5.64. The van der Waals surface area contributed by atoms with Gasteiger partial charge in [-0.1, -0.05) is 37.0 Å². The molecule has 2 N–H and O–H groups in total. The van der Waals surface area contributed by atoms with E-state index in [9.17, 15) is 4.79 Å². The van der Waals surface area contributed by atoms with E-state index in [0.29, 0.717) is 13.0 Å². The second kappa shape index (κ2) is 7.60. The average molecular weight is 167 g/mol. The predicted octanol–water partition coefficient (Wildman–Crippen LogP) is 1.77. The molecule has 0 fully saturated rings. The highest BCUT2D eigenvalue weighted by Crippen LogP contribution is 1.86. The Morgan fingerprint density at radius 3 is 2.75 bits per heavy atom. The summed E-state index contributed by atoms with van der Waals surface area (Å²) in [6.07, 6.45) is 9.01. The van der Waals surface area contributed by atoms with Crippen LogP contribution in [0, 0.1) is 0 Å². The lowest BCUT2D eigenvalue weighted by Gasteiger charge is -1.95. The first kappa shape index (κ1) is 10.5. The summed E-state index contributed by atoms with van der Waals surface area (Å²) in [5, 5.41) is 0. The number of ether oxygens (including phenoxy) is 1. The molecule has 0 saturated carbocycles. The molecule has 0 aliphatic heterocycles. The van der Waals surface area contributed by atoms with Gasteiger partial charge in [-0.25, -0.2) is 4.79 Å². The van der Waals surface area contributed by atoms with E-state index in [0.717, 1.165) is 0 Å². The molecule has 0 aliphatic rings. The highest BCUT2D eigenvalue weighted by Gasteiger charge is 1.88. The Bertz CT molecular complexity index is 195. The third-order valence-electron chi connectivity index (χ3n) is 1.02. The molecule has 0 bridgehead atoms. The first-order chi connectivity index (χ1) is 5.77. The zero-order valence-electron chi connectivity index (χ0n) is 6.90. The summed E-state index contributed by atoms with van der Waals surface area (Å²) in [5.41, 5.74) is 4.74. The van der Waals surface area contributed by atoms with Gasteiger partial charge in [0.15, 0.2) is 0 Å². The maximum Gasteiger partial charge on any atom is 0.404 e. The summed E-state index contributed by atoms with van der Waals surface area (Å²) >= 11 is 0. The van der Waals surface area contributed by atoms with Crippen LogP contribution in [-0.2, 0) is 4.74 Å². The SMILES string of the molecule is C=C/C=C\C=C/CCOC(N)=O. The maximum absolute atomic E-state index is 10.1. The van der Waals surface area contributed by atoms with Gasteiger partial charge in [0.25, 0.3) is 0 Å². The largest absolute Gasteiger partial charge is 0.449 e. The van der Waals surface area contributed by atoms with Gasteiger partial charge < -0.3 is 10.5 Å². The summed E-state index contributed by atoms with van der Waals surface area (Å²) in [4.78, 5) is 10.1. The number of rotatable bonds is 5. The van der Waals surface area contributed by atoms with Gasteiger partial charge >= 0.3 is 6.09 Å². The van der Waals surface area contributed by atoms with Crippen LogP contribution in [0.2, 0.25) is 0 Å². The molecular weight excluding hydrogens is 154 g/mol. The molecule has 0 atom stereocenters. The molecule has 0 rings (SSSR count). The van der Waals surface area contributed by atoms with Crippen LogP contribution in [0.15, 0.2) is 37.0 Å². The van der Waals surface area contributed by atoms with Crippen LogP contribution in [0.4, 0.5) is 4.79 Å². The second-order valence-corrected chi connectivity index (χ2v) is 2.00. The number of nitrogens with two attached hydrogens (primary N) is 1. The number of primary amides is 1. The Hall–Kier alpha value is -1.51. The zero-order chi connectivity index (χ0) is 9.23. The summed E-state index contributed by atoms with van der Waals surface area (Å²) in [6.45, 7) is 3.84. The van der Waals surface area contributed by atoms with E-state index in [-0.39, 0.29) is 0 Å². The molecule has 1 amide bonds. The minimum atomic E-state index is -0.731. The smallest absolute Gasteiger partial charge is 0.404 e. The average Bonchev–Trinajstić information content (AvgIpc) is 2.02. The lowest BCUT2D eigenvalue weighted by Crippen LogP contribution is -2.13. The molecule has 66 valence electrons. The third kappa shape index (κ3) is 8.49. The molecule has 3 nitrogen and oxygen atoms in total. The van der Waals surface area contributed by atoms with Crippen LogP contribution in [0.5, 0.6) is 0 Å². The molecule has 0 spiro atoms. The van der Waals surface area contributed by atoms with E-state index in [2.05, 4.69) is 11.3 Å². The van der Waals surface area contributed by atoms with Crippen molar-refractivity contribution >= 4 is 6.09 Å². The lowest BCUT2D eigenvalue weighted by atomic mass is 10.3. The fraction of sp³-hybridized carbons (Fsp3) is 0.222. The van der Waals surface area contributed by atoms with E-state index in [1.54, 1.807) is 6.08 Å². The minimum absolute atomic E-state index is 0.327. The summed E-state index contributed by atoms with van der Waals surface area (Å²) in [6, 6.07) is 0. The number of allylic oxidation sites excluding steroid dienone is 4. The second-order valence-electron chi connectivity index (χ2n) is 2.00. The molecule has 0 aromatic carbocycles. The van der Waals surface area contributed by atoms with Crippen LogP contribution in [-0.4, -0.2) is 12.7 Å². The summed E-state index contributed by atoms with van der Waals surface area (Å²) in [7, 11) is 0. The van der Waals surface area contributed by atoms with E-state index in [1.165, 1.54) is 0 Å². The Morgan fingerprint density at radius 2 is 2.17 bits per heavy atom. The first-order valence-electron chi connectivity index (χ1n) is 3.64. The van der Waals surface area contributed by atoms with Crippen molar-refractivity contribution in [2.75, 3.05) is 6.61 Å². The molecule has 0 aromatic heterocycles. The number of amides is 1. The van der Waals surface area contributed by atoms with Gasteiger partial charge in [0, 0.05) is 0 Å². The van der Waals surface area contributed by atoms with Gasteiger partial charge in [0.1, 0.15) is 0 Å². The fourth-order valence-electron chi connectivity index (χ4n) is 0.545. The molecule has 0 radical (unpaired) electrons. The number of hydrogen-bond donors (Lipinski definition) is 1. The van der Waals surface area contributed by atoms with Crippen molar-refractivity contribution in [3.8, 4) is 0 Å². The number of hydrogen-bond acceptors (Lipinski definition) is 2. The normalized spacial score (nSPS) is 10.7. The molecule has 0 unspecified atom stereocenters. The molecule has 0 saturated heterocycles. The maximum atomic E-state index is 10.1. The van der Waals surface area contributed by atoms with E-state index < -0.39 is 6.09 Å². The van der Waals surface area contributed by atoms with Crippen molar-refractivity contribution in [3.05, 3.63) is 37.0 Å². The van der Waals surface area contributed by atoms with Gasteiger partial charge in [-0.3, -0.25) is 0 Å². The topological polar surface area (TPSA) is 52.3 Å². The number of carbonyl (C=O) groups excluding carboxylic acids is 1. The van der Waals surface area contributed by atoms with Gasteiger partial charge in [-0.2, -0.15) is 0 Å². The van der Waals surface area contributed by atoms with Gasteiger partial charge in [-0.15, -0.1) is 0 Å². The Morgan fingerprint density at radius 1 is 1.42 bits per heavy atom. The minimum Gasteiger partial charge on any atom is -0.449 e. The fourth-order valence-corrected chi connectivity index (χ4v) is 0.545. The quantitative estimate of drug-likeness (QED) is 0.501. The molecule has 0 aromatic rings. The standard InChI is InChI=1S/C9H13NO2/c1-2-3-4-5-6-7-8-12-9(10)11/h2-6H,1,7-8H2,(H2,10,11)/b4-3-,6-5-. The van der Waals surface area contributed by atoms with Crippen LogP contribution in [0.3, 0.4) is 0 Å². The number of carbonyl (C=O) groups is 1. The molecule has 3 heteroatoms. The van der Waals surface area contributed by atoms with Crippen molar-refractivity contribution in [1.82, 2.24) is 0 Å². The molecule has 12 heavy (non-hydrogen) atoms. The highest BCUT2D eigenvalue weighted by atomic mass is 16.5. The van der Waals surface area contributed by atoms with Gasteiger partial charge in [-0.05, 0) is 6.42 Å². The summed E-state index contributed by atoms with van der Waals surface area (Å²) < 4.78 is 4.49. The van der Waals surface area contributed by atoms with Gasteiger partial charge in [0.2, 0.25) is 0 Å². The van der Waals surface area contributed by atoms with Crippen LogP contribution < -0.4 is 5.73 Å². The van der Waals surface area contributed by atoms with Crippen LogP contribution >= 0.6 is 0 Å². The zero-order valence-corrected chi connectivity index (χ0v) is 6.90. The molecular formula is C9H13NO2. The monoisotopic (exact) mass is 167 g/mol.